The van der Waals surface area contributed by atoms with Gasteiger partial charge in [0.25, 0.3) is 0 Å². The molecule has 2 fully saturated rings. The molecule has 4 heteroatoms. The molecule has 4 nitrogen and oxygen atoms in total. The van der Waals surface area contributed by atoms with E-state index in [9.17, 15) is 4.79 Å². The summed E-state index contributed by atoms with van der Waals surface area (Å²) in [6.07, 6.45) is 4.32. The lowest BCUT2D eigenvalue weighted by molar-refractivity contribution is -0.187. The average Bonchev–Trinajstić information content (AvgIpc) is 2.13. The maximum atomic E-state index is 11.4. The first-order valence-corrected chi connectivity index (χ1v) is 5.39. The largest absolute Gasteiger partial charge is 0.436 e. The highest BCUT2D eigenvalue weighted by Gasteiger charge is 2.23. The van der Waals surface area contributed by atoms with Crippen molar-refractivity contribution in [3.8, 4) is 0 Å². The molecule has 0 aromatic heterocycles. The van der Waals surface area contributed by atoms with E-state index in [2.05, 4.69) is 5.32 Å². The van der Waals surface area contributed by atoms with E-state index in [0.717, 1.165) is 38.8 Å². The molecule has 0 aromatic carbocycles. The minimum absolute atomic E-state index is 0.130. The molecule has 2 heterocycles. The molecule has 2 aliphatic rings. The quantitative estimate of drug-likeness (QED) is 0.683. The second-order valence-electron chi connectivity index (χ2n) is 3.93. The Morgan fingerprint density at radius 2 is 2.29 bits per heavy atom. The van der Waals surface area contributed by atoms with Gasteiger partial charge in [0.15, 0.2) is 0 Å². The Morgan fingerprint density at radius 3 is 2.86 bits per heavy atom. The molecule has 0 amide bonds. The van der Waals surface area contributed by atoms with Crippen LogP contribution < -0.4 is 5.32 Å². The van der Waals surface area contributed by atoms with Crippen molar-refractivity contribution in [3.63, 3.8) is 0 Å². The first-order valence-electron chi connectivity index (χ1n) is 5.39. The number of esters is 1. The van der Waals surface area contributed by atoms with Gasteiger partial charge in [0.05, 0.1) is 13.0 Å². The fourth-order valence-electron chi connectivity index (χ4n) is 1.72. The van der Waals surface area contributed by atoms with Crippen molar-refractivity contribution < 1.29 is 14.3 Å². The molecule has 1 N–H and O–H groups in total. The Balaban J connectivity index is 1.64. The van der Waals surface area contributed by atoms with Gasteiger partial charge in [-0.2, -0.15) is 0 Å². The molecule has 0 bridgehead atoms. The summed E-state index contributed by atoms with van der Waals surface area (Å²) < 4.78 is 10.5. The van der Waals surface area contributed by atoms with Gasteiger partial charge in [0.2, 0.25) is 6.29 Å². The van der Waals surface area contributed by atoms with Crippen LogP contribution in [0.2, 0.25) is 0 Å². The Hall–Kier alpha value is -0.610. The lowest BCUT2D eigenvalue weighted by Gasteiger charge is -2.28. The zero-order valence-electron chi connectivity index (χ0n) is 8.33. The van der Waals surface area contributed by atoms with E-state index in [1.165, 1.54) is 0 Å². The van der Waals surface area contributed by atoms with Gasteiger partial charge >= 0.3 is 5.97 Å². The monoisotopic (exact) mass is 199 g/mol. The number of ether oxygens (including phenoxy) is 2. The number of hydrogen-bond donors (Lipinski definition) is 1. The number of rotatable bonds is 3. The minimum Gasteiger partial charge on any atom is -0.436 e. The first-order chi connectivity index (χ1) is 6.84. The van der Waals surface area contributed by atoms with E-state index in [-0.39, 0.29) is 12.3 Å². The van der Waals surface area contributed by atoms with E-state index < -0.39 is 0 Å². The van der Waals surface area contributed by atoms with Crippen molar-refractivity contribution in [1.82, 2.24) is 5.32 Å². The fourth-order valence-corrected chi connectivity index (χ4v) is 1.72. The van der Waals surface area contributed by atoms with Crippen LogP contribution in [-0.2, 0) is 14.3 Å². The van der Waals surface area contributed by atoms with E-state index in [4.69, 9.17) is 9.47 Å². The molecule has 0 aromatic rings. The Labute approximate surface area is 84.0 Å². The standard InChI is InChI=1S/C10H17NO3/c12-9(7-8-4-5-11-8)14-10-3-1-2-6-13-10/h8,10-11H,1-7H2. The second-order valence-corrected chi connectivity index (χ2v) is 3.93. The Kier molecular flexibility index (Phi) is 3.37. The van der Waals surface area contributed by atoms with Gasteiger partial charge in [-0.1, -0.05) is 0 Å². The highest BCUT2D eigenvalue weighted by atomic mass is 16.7. The number of nitrogens with one attached hydrogen (secondary N) is 1. The highest BCUT2D eigenvalue weighted by molar-refractivity contribution is 5.70. The summed E-state index contributed by atoms with van der Waals surface area (Å²) in [7, 11) is 0. The van der Waals surface area contributed by atoms with E-state index in [1.807, 2.05) is 0 Å². The third-order valence-corrected chi connectivity index (χ3v) is 2.74. The van der Waals surface area contributed by atoms with Gasteiger partial charge in [-0.25, -0.2) is 0 Å². The molecule has 2 rings (SSSR count). The molecule has 0 radical (unpaired) electrons. The van der Waals surface area contributed by atoms with Crippen molar-refractivity contribution in [3.05, 3.63) is 0 Å². The van der Waals surface area contributed by atoms with Gasteiger partial charge in [-0.3, -0.25) is 4.79 Å². The van der Waals surface area contributed by atoms with Crippen LogP contribution in [0, 0.1) is 0 Å². The van der Waals surface area contributed by atoms with Gasteiger partial charge in [-0.15, -0.1) is 0 Å². The van der Waals surface area contributed by atoms with Gasteiger partial charge < -0.3 is 14.8 Å². The van der Waals surface area contributed by atoms with Crippen LogP contribution >= 0.6 is 0 Å². The number of carbonyl (C=O) groups is 1. The SMILES string of the molecule is O=C(CC1CCN1)OC1CCCCO1. The predicted octanol–water partition coefficient (Wildman–Crippen LogP) is 0.808. The maximum Gasteiger partial charge on any atom is 0.309 e. The summed E-state index contributed by atoms with van der Waals surface area (Å²) in [6.45, 7) is 1.75. The van der Waals surface area contributed by atoms with Crippen molar-refractivity contribution in [2.75, 3.05) is 13.2 Å². The zero-order chi connectivity index (χ0) is 9.80. The van der Waals surface area contributed by atoms with E-state index in [0.29, 0.717) is 12.5 Å². The average molecular weight is 199 g/mol. The van der Waals surface area contributed by atoms with Crippen molar-refractivity contribution in [2.24, 2.45) is 0 Å². The van der Waals surface area contributed by atoms with Crippen molar-refractivity contribution in [1.29, 1.82) is 0 Å². The molecular weight excluding hydrogens is 182 g/mol. The molecule has 2 aliphatic heterocycles. The topological polar surface area (TPSA) is 47.6 Å². The molecule has 2 atom stereocenters. The molecular formula is C10H17NO3. The number of carbonyl (C=O) groups excluding carboxylic acids is 1. The Morgan fingerprint density at radius 1 is 1.43 bits per heavy atom. The third-order valence-electron chi connectivity index (χ3n) is 2.74. The molecule has 14 heavy (non-hydrogen) atoms. The predicted molar refractivity (Wildman–Crippen MR) is 50.7 cm³/mol. The lowest BCUT2D eigenvalue weighted by Crippen LogP contribution is -2.44. The smallest absolute Gasteiger partial charge is 0.309 e. The Bertz CT molecular complexity index is 198. The minimum atomic E-state index is -0.281. The summed E-state index contributed by atoms with van der Waals surface area (Å²) in [5.74, 6) is -0.130. The lowest BCUT2D eigenvalue weighted by atomic mass is 10.0. The summed E-state index contributed by atoms with van der Waals surface area (Å²) >= 11 is 0. The van der Waals surface area contributed by atoms with E-state index >= 15 is 0 Å². The molecule has 0 spiro atoms. The van der Waals surface area contributed by atoms with E-state index in [1.54, 1.807) is 0 Å². The van der Waals surface area contributed by atoms with Crippen LogP contribution in [0.1, 0.15) is 32.1 Å². The normalized spacial score (nSPS) is 32.0. The van der Waals surface area contributed by atoms with Crippen LogP contribution in [0.25, 0.3) is 0 Å². The molecule has 80 valence electrons. The summed E-state index contributed by atoms with van der Waals surface area (Å²) in [6, 6.07) is 0.339. The van der Waals surface area contributed by atoms with Crippen LogP contribution in [0.4, 0.5) is 0 Å². The van der Waals surface area contributed by atoms with Crippen molar-refractivity contribution >= 4 is 5.97 Å². The summed E-state index contributed by atoms with van der Waals surface area (Å²) in [4.78, 5) is 11.4. The summed E-state index contributed by atoms with van der Waals surface area (Å²) in [5, 5.41) is 3.17. The second kappa shape index (κ2) is 4.75. The summed E-state index contributed by atoms with van der Waals surface area (Å²) in [5.41, 5.74) is 0. The third kappa shape index (κ3) is 2.69. The fraction of sp³-hybridized carbons (Fsp3) is 0.900. The van der Waals surface area contributed by atoms with Crippen LogP contribution in [0.3, 0.4) is 0 Å². The number of hydrogen-bond acceptors (Lipinski definition) is 4. The molecule has 0 aliphatic carbocycles. The van der Waals surface area contributed by atoms with Crippen LogP contribution in [-0.4, -0.2) is 31.5 Å². The molecule has 2 saturated heterocycles. The van der Waals surface area contributed by atoms with Crippen LogP contribution in [0.5, 0.6) is 0 Å². The van der Waals surface area contributed by atoms with Gasteiger partial charge in [0.1, 0.15) is 0 Å². The van der Waals surface area contributed by atoms with Gasteiger partial charge in [-0.05, 0) is 25.8 Å². The highest BCUT2D eigenvalue weighted by Crippen LogP contribution is 2.15. The molecule has 0 saturated carbocycles. The maximum absolute atomic E-state index is 11.4. The van der Waals surface area contributed by atoms with Gasteiger partial charge in [0, 0.05) is 12.5 Å². The van der Waals surface area contributed by atoms with Crippen molar-refractivity contribution in [2.45, 2.75) is 44.4 Å². The first kappa shape index (κ1) is 9.93. The zero-order valence-corrected chi connectivity index (χ0v) is 8.33. The molecule has 2 unspecified atom stereocenters. The van der Waals surface area contributed by atoms with Crippen LogP contribution in [0.15, 0.2) is 0 Å².